The van der Waals surface area contributed by atoms with Crippen molar-refractivity contribution in [2.75, 3.05) is 26.3 Å². The van der Waals surface area contributed by atoms with Crippen LogP contribution < -0.4 is 0 Å². The van der Waals surface area contributed by atoms with Crippen molar-refractivity contribution in [2.45, 2.75) is 19.6 Å². The van der Waals surface area contributed by atoms with Crippen LogP contribution in [-0.4, -0.2) is 52.9 Å². The monoisotopic (exact) mass is 313 g/mol. The average molecular weight is 313 g/mol. The van der Waals surface area contributed by atoms with Crippen LogP contribution in [0.2, 0.25) is 0 Å². The number of aliphatic hydroxyl groups is 1. The Kier molecular flexibility index (Phi) is 4.33. The maximum atomic E-state index is 12.6. The van der Waals surface area contributed by atoms with E-state index in [4.69, 9.17) is 4.74 Å². The van der Waals surface area contributed by atoms with Gasteiger partial charge in [0.2, 0.25) is 5.91 Å². The molecule has 0 aliphatic carbocycles. The van der Waals surface area contributed by atoms with Crippen LogP contribution in [0.3, 0.4) is 0 Å². The van der Waals surface area contributed by atoms with Crippen molar-refractivity contribution in [1.82, 2.24) is 9.47 Å². The Balaban J connectivity index is 1.91. The molecular weight excluding hydrogens is 294 g/mol. The molecule has 3 rings (SSSR count). The molecule has 0 saturated carbocycles. The normalized spacial score (nSPS) is 18.7. The predicted octanol–water partition coefficient (Wildman–Crippen LogP) is 1.04. The van der Waals surface area contributed by atoms with Crippen molar-refractivity contribution >= 4 is 16.8 Å². The summed E-state index contributed by atoms with van der Waals surface area (Å²) in [6.07, 6.45) is -0.654. The Morgan fingerprint density at radius 3 is 3.04 bits per heavy atom. The standard InChI is InChI=1S/C17H19N3O3/c1-12-15(8-18)14-4-2-3-5-16(14)20(12)10-17(22)19-6-7-23-11-13(21)9-19/h2-5,13,21H,6-7,9-11H2,1H3/t13-/m1/s1. The summed E-state index contributed by atoms with van der Waals surface area (Å²) < 4.78 is 7.13. The van der Waals surface area contributed by atoms with Gasteiger partial charge in [-0.2, -0.15) is 5.26 Å². The molecule has 1 aliphatic rings. The number of benzene rings is 1. The zero-order valence-corrected chi connectivity index (χ0v) is 13.0. The second-order valence-corrected chi connectivity index (χ2v) is 5.74. The lowest BCUT2D eigenvalue weighted by molar-refractivity contribution is -0.132. The highest BCUT2D eigenvalue weighted by Crippen LogP contribution is 2.25. The summed E-state index contributed by atoms with van der Waals surface area (Å²) in [6.45, 7) is 3.44. The summed E-state index contributed by atoms with van der Waals surface area (Å²) in [5.41, 5.74) is 2.27. The Hall–Kier alpha value is -2.36. The van der Waals surface area contributed by atoms with Gasteiger partial charge < -0.3 is 19.3 Å². The molecule has 1 aromatic heterocycles. The van der Waals surface area contributed by atoms with Gasteiger partial charge in [-0.25, -0.2) is 0 Å². The summed E-state index contributed by atoms with van der Waals surface area (Å²) in [5.74, 6) is -0.0807. The van der Waals surface area contributed by atoms with Gasteiger partial charge in [0.05, 0.1) is 30.4 Å². The lowest BCUT2D eigenvalue weighted by Gasteiger charge is -2.22. The van der Waals surface area contributed by atoms with Crippen LogP contribution in [0.4, 0.5) is 0 Å². The maximum Gasteiger partial charge on any atom is 0.242 e. The lowest BCUT2D eigenvalue weighted by atomic mass is 10.1. The lowest BCUT2D eigenvalue weighted by Crippen LogP contribution is -2.39. The molecular formula is C17H19N3O3. The highest BCUT2D eigenvalue weighted by atomic mass is 16.5. The largest absolute Gasteiger partial charge is 0.389 e. The fraction of sp³-hybridized carbons (Fsp3) is 0.412. The first-order valence-electron chi connectivity index (χ1n) is 7.63. The van der Waals surface area contributed by atoms with Gasteiger partial charge in [0.1, 0.15) is 12.6 Å². The Morgan fingerprint density at radius 1 is 1.48 bits per heavy atom. The second kappa shape index (κ2) is 6.41. The van der Waals surface area contributed by atoms with Gasteiger partial charge in [0.25, 0.3) is 0 Å². The first-order chi connectivity index (χ1) is 11.1. The first kappa shape index (κ1) is 15.5. The van der Waals surface area contributed by atoms with Crippen LogP contribution in [0, 0.1) is 18.3 Å². The van der Waals surface area contributed by atoms with Crippen LogP contribution in [0.1, 0.15) is 11.3 Å². The molecule has 6 heteroatoms. The van der Waals surface area contributed by atoms with Crippen molar-refractivity contribution in [2.24, 2.45) is 0 Å². The minimum absolute atomic E-state index is 0.0807. The molecule has 0 spiro atoms. The number of aliphatic hydroxyl groups excluding tert-OH is 1. The number of amides is 1. The van der Waals surface area contributed by atoms with Crippen molar-refractivity contribution < 1.29 is 14.6 Å². The van der Waals surface area contributed by atoms with Gasteiger partial charge in [0, 0.05) is 24.2 Å². The molecule has 1 aromatic carbocycles. The Bertz CT molecular complexity index is 775. The van der Waals surface area contributed by atoms with Crippen LogP contribution in [0.15, 0.2) is 24.3 Å². The molecule has 2 heterocycles. The number of rotatable bonds is 2. The van der Waals surface area contributed by atoms with E-state index >= 15 is 0 Å². The van der Waals surface area contributed by atoms with Crippen molar-refractivity contribution in [1.29, 1.82) is 5.26 Å². The third-order valence-electron chi connectivity index (χ3n) is 4.24. The third-order valence-corrected chi connectivity index (χ3v) is 4.24. The molecule has 6 nitrogen and oxygen atoms in total. The SMILES string of the molecule is Cc1c(C#N)c2ccccc2n1CC(=O)N1CCOC[C@H](O)C1. The molecule has 23 heavy (non-hydrogen) atoms. The van der Waals surface area contributed by atoms with Crippen LogP contribution in [0.25, 0.3) is 10.9 Å². The number of carbonyl (C=O) groups is 1. The van der Waals surface area contributed by atoms with E-state index in [0.29, 0.717) is 18.7 Å². The highest BCUT2D eigenvalue weighted by Gasteiger charge is 2.23. The number of nitriles is 1. The first-order valence-corrected chi connectivity index (χ1v) is 7.63. The molecule has 120 valence electrons. The maximum absolute atomic E-state index is 12.6. The Labute approximate surface area is 134 Å². The molecule has 1 aliphatic heterocycles. The highest BCUT2D eigenvalue weighted by molar-refractivity contribution is 5.89. The molecule has 1 saturated heterocycles. The van der Waals surface area contributed by atoms with E-state index in [0.717, 1.165) is 16.6 Å². The van der Waals surface area contributed by atoms with Gasteiger partial charge in [-0.3, -0.25) is 4.79 Å². The molecule has 1 atom stereocenters. The number of carbonyl (C=O) groups excluding carboxylic acids is 1. The summed E-state index contributed by atoms with van der Waals surface area (Å²) >= 11 is 0. The number of aromatic nitrogens is 1. The van der Waals surface area contributed by atoms with Crippen molar-refractivity contribution in [3.8, 4) is 6.07 Å². The van der Waals surface area contributed by atoms with E-state index in [1.165, 1.54) is 0 Å². The smallest absolute Gasteiger partial charge is 0.242 e. The minimum atomic E-state index is -0.654. The summed E-state index contributed by atoms with van der Waals surface area (Å²) in [4.78, 5) is 14.2. The van der Waals surface area contributed by atoms with Gasteiger partial charge >= 0.3 is 0 Å². The number of nitrogens with zero attached hydrogens (tertiary/aromatic N) is 3. The van der Waals surface area contributed by atoms with E-state index in [-0.39, 0.29) is 25.6 Å². The summed E-state index contributed by atoms with van der Waals surface area (Å²) in [6, 6.07) is 9.81. The van der Waals surface area contributed by atoms with E-state index in [1.54, 1.807) is 4.90 Å². The third kappa shape index (κ3) is 2.93. The number of β-amino-alcohol motifs (C(OH)–C–C–N with tert-alkyl or cyclic N) is 1. The van der Waals surface area contributed by atoms with Gasteiger partial charge in [-0.1, -0.05) is 18.2 Å². The number of ether oxygens (including phenoxy) is 1. The fourth-order valence-corrected chi connectivity index (χ4v) is 3.03. The van der Waals surface area contributed by atoms with Crippen LogP contribution >= 0.6 is 0 Å². The van der Waals surface area contributed by atoms with E-state index in [9.17, 15) is 15.2 Å². The average Bonchev–Trinajstić information content (AvgIpc) is 2.69. The second-order valence-electron chi connectivity index (χ2n) is 5.74. The molecule has 1 fully saturated rings. The molecule has 0 radical (unpaired) electrons. The van der Waals surface area contributed by atoms with Gasteiger partial charge in [-0.15, -0.1) is 0 Å². The minimum Gasteiger partial charge on any atom is -0.389 e. The summed E-state index contributed by atoms with van der Waals surface area (Å²) in [5, 5.41) is 20.0. The number of fused-ring (bicyclic) bond motifs is 1. The van der Waals surface area contributed by atoms with Crippen LogP contribution in [-0.2, 0) is 16.1 Å². The number of hydrogen-bond donors (Lipinski definition) is 1. The van der Waals surface area contributed by atoms with Gasteiger partial charge in [-0.05, 0) is 13.0 Å². The molecule has 1 N–H and O–H groups in total. The predicted molar refractivity (Wildman–Crippen MR) is 84.8 cm³/mol. The van der Waals surface area contributed by atoms with Crippen molar-refractivity contribution in [3.63, 3.8) is 0 Å². The number of para-hydroxylation sites is 1. The quantitative estimate of drug-likeness (QED) is 0.898. The van der Waals surface area contributed by atoms with E-state index in [2.05, 4.69) is 6.07 Å². The Morgan fingerprint density at radius 2 is 2.26 bits per heavy atom. The fourth-order valence-electron chi connectivity index (χ4n) is 3.03. The molecule has 0 bridgehead atoms. The zero-order chi connectivity index (χ0) is 16.4. The molecule has 2 aromatic rings. The zero-order valence-electron chi connectivity index (χ0n) is 13.0. The topological polar surface area (TPSA) is 78.5 Å². The number of hydrogen-bond acceptors (Lipinski definition) is 4. The van der Waals surface area contributed by atoms with Crippen molar-refractivity contribution in [3.05, 3.63) is 35.5 Å². The molecule has 1 amide bonds. The van der Waals surface area contributed by atoms with Crippen LogP contribution in [0.5, 0.6) is 0 Å². The summed E-state index contributed by atoms with van der Waals surface area (Å²) in [7, 11) is 0. The van der Waals surface area contributed by atoms with Gasteiger partial charge in [0.15, 0.2) is 0 Å². The molecule has 0 unspecified atom stereocenters. The van der Waals surface area contributed by atoms with E-state index < -0.39 is 6.10 Å². The van der Waals surface area contributed by atoms with E-state index in [1.807, 2.05) is 35.8 Å².